The van der Waals surface area contributed by atoms with E-state index < -0.39 is 0 Å². The molecule has 0 aromatic rings. The van der Waals surface area contributed by atoms with Crippen molar-refractivity contribution < 1.29 is 14.3 Å². The summed E-state index contributed by atoms with van der Waals surface area (Å²) in [7, 11) is 1.37. The molecule has 5 nitrogen and oxygen atoms in total. The van der Waals surface area contributed by atoms with Crippen molar-refractivity contribution in [2.24, 2.45) is 0 Å². The van der Waals surface area contributed by atoms with E-state index in [0.717, 1.165) is 25.9 Å². The van der Waals surface area contributed by atoms with Gasteiger partial charge in [0.05, 0.1) is 19.7 Å². The highest BCUT2D eigenvalue weighted by Crippen LogP contribution is 2.14. The standard InChI is InChI=1S/C14H26N2O3/c1-11(2)16(10-13(17)19-4)12(3)14(18)15-8-6-5-7-9-15/h11-12H,5-10H2,1-4H3. The van der Waals surface area contributed by atoms with Crippen LogP contribution in [0.3, 0.4) is 0 Å². The Balaban J connectivity index is 2.66. The minimum Gasteiger partial charge on any atom is -0.468 e. The third-order valence-corrected chi connectivity index (χ3v) is 3.73. The molecule has 0 spiro atoms. The van der Waals surface area contributed by atoms with Crippen molar-refractivity contribution in [1.82, 2.24) is 9.80 Å². The predicted molar refractivity (Wildman–Crippen MR) is 73.8 cm³/mol. The Labute approximate surface area is 115 Å². The molecular formula is C14H26N2O3. The summed E-state index contributed by atoms with van der Waals surface area (Å²) in [6.07, 6.45) is 3.36. The maximum absolute atomic E-state index is 12.4. The van der Waals surface area contributed by atoms with Crippen molar-refractivity contribution in [2.75, 3.05) is 26.7 Å². The van der Waals surface area contributed by atoms with Crippen LogP contribution in [0.1, 0.15) is 40.0 Å². The highest BCUT2D eigenvalue weighted by atomic mass is 16.5. The van der Waals surface area contributed by atoms with Gasteiger partial charge in [-0.3, -0.25) is 14.5 Å². The number of rotatable bonds is 5. The maximum Gasteiger partial charge on any atom is 0.319 e. The van der Waals surface area contributed by atoms with Gasteiger partial charge in [0.15, 0.2) is 0 Å². The molecule has 1 rings (SSSR count). The summed E-state index contributed by atoms with van der Waals surface area (Å²) in [5, 5.41) is 0. The SMILES string of the molecule is COC(=O)CN(C(C)C)C(C)C(=O)N1CCCCC1. The van der Waals surface area contributed by atoms with E-state index in [-0.39, 0.29) is 30.5 Å². The zero-order valence-electron chi connectivity index (χ0n) is 12.5. The first-order valence-electron chi connectivity index (χ1n) is 7.08. The Bertz CT molecular complexity index is 312. The van der Waals surface area contributed by atoms with Crippen LogP contribution in [0, 0.1) is 0 Å². The van der Waals surface area contributed by atoms with Crippen molar-refractivity contribution in [3.63, 3.8) is 0 Å². The molecule has 0 N–H and O–H groups in total. The van der Waals surface area contributed by atoms with Crippen LogP contribution in [0.2, 0.25) is 0 Å². The van der Waals surface area contributed by atoms with E-state index in [9.17, 15) is 9.59 Å². The normalized spacial score (nSPS) is 17.7. The lowest BCUT2D eigenvalue weighted by Gasteiger charge is -2.35. The van der Waals surface area contributed by atoms with Crippen LogP contribution in [0.4, 0.5) is 0 Å². The van der Waals surface area contributed by atoms with Gasteiger partial charge < -0.3 is 9.64 Å². The Morgan fingerprint density at radius 1 is 1.16 bits per heavy atom. The van der Waals surface area contributed by atoms with Crippen LogP contribution in [0.25, 0.3) is 0 Å². The second-order valence-corrected chi connectivity index (χ2v) is 5.40. The van der Waals surface area contributed by atoms with Crippen LogP contribution >= 0.6 is 0 Å². The average molecular weight is 270 g/mol. The molecule has 1 saturated heterocycles. The molecule has 1 fully saturated rings. The van der Waals surface area contributed by atoms with Gasteiger partial charge in [-0.25, -0.2) is 0 Å². The largest absolute Gasteiger partial charge is 0.468 e. The summed E-state index contributed by atoms with van der Waals surface area (Å²) in [6.45, 7) is 7.70. The number of nitrogens with zero attached hydrogens (tertiary/aromatic N) is 2. The van der Waals surface area contributed by atoms with Crippen molar-refractivity contribution in [3.05, 3.63) is 0 Å². The molecule has 19 heavy (non-hydrogen) atoms. The topological polar surface area (TPSA) is 49.9 Å². The fourth-order valence-electron chi connectivity index (χ4n) is 2.50. The zero-order valence-corrected chi connectivity index (χ0v) is 12.5. The number of likely N-dealkylation sites (tertiary alicyclic amines) is 1. The van der Waals surface area contributed by atoms with E-state index in [2.05, 4.69) is 0 Å². The van der Waals surface area contributed by atoms with Gasteiger partial charge in [-0.2, -0.15) is 0 Å². The van der Waals surface area contributed by atoms with Crippen LogP contribution in [-0.4, -0.2) is 60.5 Å². The van der Waals surface area contributed by atoms with Gasteiger partial charge in [-0.15, -0.1) is 0 Å². The van der Waals surface area contributed by atoms with E-state index in [1.54, 1.807) is 0 Å². The summed E-state index contributed by atoms with van der Waals surface area (Å²) < 4.78 is 4.70. The zero-order chi connectivity index (χ0) is 14.4. The fraction of sp³-hybridized carbons (Fsp3) is 0.857. The quantitative estimate of drug-likeness (QED) is 0.706. The van der Waals surface area contributed by atoms with Gasteiger partial charge in [0.2, 0.25) is 5.91 Å². The first kappa shape index (κ1) is 16.0. The highest BCUT2D eigenvalue weighted by Gasteiger charge is 2.29. The van der Waals surface area contributed by atoms with Crippen molar-refractivity contribution in [2.45, 2.75) is 52.1 Å². The lowest BCUT2D eigenvalue weighted by Crippen LogP contribution is -2.52. The Morgan fingerprint density at radius 2 is 1.74 bits per heavy atom. The second kappa shape index (κ2) is 7.48. The van der Waals surface area contributed by atoms with Crippen LogP contribution < -0.4 is 0 Å². The highest BCUT2D eigenvalue weighted by molar-refractivity contribution is 5.82. The molecule has 110 valence electrons. The molecule has 1 amide bonds. The third-order valence-electron chi connectivity index (χ3n) is 3.73. The van der Waals surface area contributed by atoms with Gasteiger partial charge in [0, 0.05) is 19.1 Å². The van der Waals surface area contributed by atoms with E-state index >= 15 is 0 Å². The van der Waals surface area contributed by atoms with E-state index in [1.165, 1.54) is 13.5 Å². The minimum atomic E-state index is -0.299. The Kier molecular flexibility index (Phi) is 6.28. The molecule has 0 saturated carbocycles. The number of piperidine rings is 1. The molecule has 0 aliphatic carbocycles. The van der Waals surface area contributed by atoms with Gasteiger partial charge in [-0.1, -0.05) is 0 Å². The lowest BCUT2D eigenvalue weighted by molar-refractivity contribution is -0.146. The smallest absolute Gasteiger partial charge is 0.319 e. The Hall–Kier alpha value is -1.10. The summed E-state index contributed by atoms with van der Waals surface area (Å²) in [5.41, 5.74) is 0. The summed E-state index contributed by atoms with van der Waals surface area (Å²) in [6, 6.07) is -0.153. The summed E-state index contributed by atoms with van der Waals surface area (Å²) in [5.74, 6) is -0.177. The molecule has 0 bridgehead atoms. The van der Waals surface area contributed by atoms with Crippen LogP contribution in [0.5, 0.6) is 0 Å². The molecule has 0 aromatic carbocycles. The number of hydrogen-bond donors (Lipinski definition) is 0. The van der Waals surface area contributed by atoms with Crippen molar-refractivity contribution in [3.8, 4) is 0 Å². The maximum atomic E-state index is 12.4. The van der Waals surface area contributed by atoms with E-state index in [0.29, 0.717) is 0 Å². The number of carbonyl (C=O) groups excluding carboxylic acids is 2. The van der Waals surface area contributed by atoms with E-state index in [1.807, 2.05) is 30.6 Å². The molecule has 1 atom stereocenters. The average Bonchev–Trinajstić information content (AvgIpc) is 2.43. The van der Waals surface area contributed by atoms with Crippen LogP contribution in [-0.2, 0) is 14.3 Å². The molecule has 5 heteroatoms. The number of methoxy groups -OCH3 is 1. The molecule has 1 unspecified atom stereocenters. The van der Waals surface area contributed by atoms with Crippen molar-refractivity contribution >= 4 is 11.9 Å². The first-order chi connectivity index (χ1) is 8.97. The monoisotopic (exact) mass is 270 g/mol. The molecular weight excluding hydrogens is 244 g/mol. The third kappa shape index (κ3) is 4.49. The molecule has 0 aromatic heterocycles. The number of carbonyl (C=O) groups is 2. The predicted octanol–water partition coefficient (Wildman–Crippen LogP) is 1.27. The molecule has 1 heterocycles. The molecule has 1 aliphatic heterocycles. The van der Waals surface area contributed by atoms with Gasteiger partial charge in [-0.05, 0) is 40.0 Å². The molecule has 1 aliphatic rings. The lowest BCUT2D eigenvalue weighted by atomic mass is 10.1. The summed E-state index contributed by atoms with van der Waals surface area (Å²) >= 11 is 0. The number of esters is 1. The van der Waals surface area contributed by atoms with E-state index in [4.69, 9.17) is 4.74 Å². The first-order valence-corrected chi connectivity index (χ1v) is 7.08. The fourth-order valence-corrected chi connectivity index (χ4v) is 2.50. The van der Waals surface area contributed by atoms with Crippen molar-refractivity contribution in [1.29, 1.82) is 0 Å². The van der Waals surface area contributed by atoms with Crippen LogP contribution in [0.15, 0.2) is 0 Å². The van der Waals surface area contributed by atoms with Gasteiger partial charge in [0.1, 0.15) is 0 Å². The van der Waals surface area contributed by atoms with Gasteiger partial charge in [0.25, 0.3) is 0 Å². The summed E-state index contributed by atoms with van der Waals surface area (Å²) in [4.78, 5) is 27.7. The molecule has 0 radical (unpaired) electrons. The number of hydrogen-bond acceptors (Lipinski definition) is 4. The Morgan fingerprint density at radius 3 is 2.21 bits per heavy atom. The number of ether oxygens (including phenoxy) is 1. The minimum absolute atomic E-state index is 0.123. The number of amides is 1. The second-order valence-electron chi connectivity index (χ2n) is 5.40. The van der Waals surface area contributed by atoms with Gasteiger partial charge >= 0.3 is 5.97 Å².